The number of carbonyl (C=O) groups is 1. The number of rotatable bonds is 5. The summed E-state index contributed by atoms with van der Waals surface area (Å²) in [6, 6.07) is 3.75. The van der Waals surface area contributed by atoms with Gasteiger partial charge >= 0.3 is 0 Å². The van der Waals surface area contributed by atoms with Crippen LogP contribution in [-0.2, 0) is 9.84 Å². The van der Waals surface area contributed by atoms with Crippen molar-refractivity contribution in [3.63, 3.8) is 0 Å². The summed E-state index contributed by atoms with van der Waals surface area (Å²) in [6.07, 6.45) is 0.265. The Balaban J connectivity index is 2.19. The molecular formula is C16H22FNO4S. The van der Waals surface area contributed by atoms with Crippen molar-refractivity contribution in [3.05, 3.63) is 29.6 Å². The monoisotopic (exact) mass is 343 g/mol. The Bertz CT molecular complexity index is 687. The van der Waals surface area contributed by atoms with E-state index >= 15 is 0 Å². The maximum Gasteiger partial charge on any atom is 0.254 e. The van der Waals surface area contributed by atoms with Crippen LogP contribution >= 0.6 is 0 Å². The maximum atomic E-state index is 14.0. The van der Waals surface area contributed by atoms with Gasteiger partial charge in [-0.3, -0.25) is 4.79 Å². The first-order valence-electron chi connectivity index (χ1n) is 7.71. The third kappa shape index (κ3) is 4.22. The number of halogens is 1. The van der Waals surface area contributed by atoms with Gasteiger partial charge in [-0.25, -0.2) is 12.8 Å². The van der Waals surface area contributed by atoms with Crippen molar-refractivity contribution in [2.45, 2.75) is 39.3 Å². The van der Waals surface area contributed by atoms with Gasteiger partial charge in [0.15, 0.2) is 21.4 Å². The van der Waals surface area contributed by atoms with Crippen LogP contribution in [0.15, 0.2) is 18.2 Å². The lowest BCUT2D eigenvalue weighted by molar-refractivity contribution is 0.0707. The van der Waals surface area contributed by atoms with Crippen LogP contribution in [0, 0.1) is 5.82 Å². The van der Waals surface area contributed by atoms with E-state index in [0.717, 1.165) is 6.07 Å². The predicted octanol–water partition coefficient (Wildman–Crippen LogP) is 2.26. The number of carbonyl (C=O) groups excluding carboxylic acids is 1. The number of nitrogens with zero attached hydrogens (tertiary/aromatic N) is 1. The Labute approximate surface area is 136 Å². The minimum Gasteiger partial charge on any atom is -0.488 e. The van der Waals surface area contributed by atoms with Gasteiger partial charge in [-0.1, -0.05) is 0 Å². The SMILES string of the molecule is CCN(C(=O)c1ccc(OC(C)C)c(F)c1)C1CCS(=O)(=O)C1. The summed E-state index contributed by atoms with van der Waals surface area (Å²) in [5.74, 6) is -0.784. The molecule has 1 aliphatic rings. The highest BCUT2D eigenvalue weighted by atomic mass is 32.2. The number of benzene rings is 1. The molecule has 2 rings (SSSR count). The van der Waals surface area contributed by atoms with Crippen molar-refractivity contribution in [3.8, 4) is 5.75 Å². The van der Waals surface area contributed by atoms with Crippen LogP contribution in [0.1, 0.15) is 37.6 Å². The quantitative estimate of drug-likeness (QED) is 0.823. The highest BCUT2D eigenvalue weighted by Gasteiger charge is 2.34. The molecule has 0 aromatic heterocycles. The van der Waals surface area contributed by atoms with Gasteiger partial charge in [-0.2, -0.15) is 0 Å². The van der Waals surface area contributed by atoms with Crippen molar-refractivity contribution < 1.29 is 22.3 Å². The smallest absolute Gasteiger partial charge is 0.254 e. The molecule has 1 aromatic rings. The molecule has 0 spiro atoms. The van der Waals surface area contributed by atoms with Gasteiger partial charge in [-0.05, 0) is 45.4 Å². The van der Waals surface area contributed by atoms with Gasteiger partial charge in [0.25, 0.3) is 5.91 Å². The van der Waals surface area contributed by atoms with E-state index in [1.807, 2.05) is 0 Å². The molecule has 1 saturated heterocycles. The van der Waals surface area contributed by atoms with Crippen molar-refractivity contribution in [2.24, 2.45) is 0 Å². The zero-order valence-electron chi connectivity index (χ0n) is 13.6. The first kappa shape index (κ1) is 17.7. The van der Waals surface area contributed by atoms with Crippen LogP contribution in [0.3, 0.4) is 0 Å². The van der Waals surface area contributed by atoms with Crippen LogP contribution in [0.4, 0.5) is 4.39 Å². The third-order valence-electron chi connectivity index (χ3n) is 3.79. The van der Waals surface area contributed by atoms with Crippen LogP contribution in [-0.4, -0.2) is 49.4 Å². The molecule has 1 aliphatic heterocycles. The van der Waals surface area contributed by atoms with Gasteiger partial charge in [0.2, 0.25) is 0 Å². The maximum absolute atomic E-state index is 14.0. The Morgan fingerprint density at radius 3 is 2.61 bits per heavy atom. The van der Waals surface area contributed by atoms with E-state index in [2.05, 4.69) is 0 Å². The summed E-state index contributed by atoms with van der Waals surface area (Å²) < 4.78 is 42.6. The lowest BCUT2D eigenvalue weighted by Gasteiger charge is -2.27. The minimum absolute atomic E-state index is 0.0242. The van der Waals surface area contributed by atoms with Crippen molar-refractivity contribution >= 4 is 15.7 Å². The molecule has 128 valence electrons. The van der Waals surface area contributed by atoms with E-state index in [1.165, 1.54) is 17.0 Å². The van der Waals surface area contributed by atoms with E-state index < -0.39 is 15.7 Å². The summed E-state index contributed by atoms with van der Waals surface area (Å²) in [5, 5.41) is 0. The second-order valence-electron chi connectivity index (χ2n) is 5.96. The largest absolute Gasteiger partial charge is 0.488 e. The van der Waals surface area contributed by atoms with Gasteiger partial charge in [0.05, 0.1) is 17.6 Å². The first-order chi connectivity index (χ1) is 10.7. The summed E-state index contributed by atoms with van der Waals surface area (Å²) in [6.45, 7) is 5.75. The normalized spacial score (nSPS) is 19.8. The molecule has 1 atom stereocenters. The molecule has 0 saturated carbocycles. The Morgan fingerprint density at radius 1 is 1.43 bits per heavy atom. The molecule has 7 heteroatoms. The molecule has 0 aliphatic carbocycles. The van der Waals surface area contributed by atoms with E-state index in [-0.39, 0.29) is 40.9 Å². The van der Waals surface area contributed by atoms with E-state index in [0.29, 0.717) is 13.0 Å². The minimum atomic E-state index is -3.08. The molecule has 1 amide bonds. The Morgan fingerprint density at radius 2 is 2.13 bits per heavy atom. The highest BCUT2D eigenvalue weighted by molar-refractivity contribution is 7.91. The Hall–Kier alpha value is -1.63. The second-order valence-corrected chi connectivity index (χ2v) is 8.19. The Kier molecular flexibility index (Phi) is 5.29. The fraction of sp³-hybridized carbons (Fsp3) is 0.562. The number of amides is 1. The average Bonchev–Trinajstić information content (AvgIpc) is 2.81. The highest BCUT2D eigenvalue weighted by Crippen LogP contribution is 2.23. The molecular weight excluding hydrogens is 321 g/mol. The average molecular weight is 343 g/mol. The fourth-order valence-electron chi connectivity index (χ4n) is 2.74. The number of sulfone groups is 1. The van der Waals surface area contributed by atoms with Gasteiger partial charge in [0, 0.05) is 18.2 Å². The zero-order chi connectivity index (χ0) is 17.2. The first-order valence-corrected chi connectivity index (χ1v) is 9.53. The zero-order valence-corrected chi connectivity index (χ0v) is 14.4. The molecule has 1 unspecified atom stereocenters. The standard InChI is InChI=1S/C16H22FNO4S/c1-4-18(13-7-8-23(20,21)10-13)16(19)12-5-6-15(14(17)9-12)22-11(2)3/h5-6,9,11,13H,4,7-8,10H2,1-3H3. The fourth-order valence-corrected chi connectivity index (χ4v) is 4.47. The van der Waals surface area contributed by atoms with E-state index in [1.54, 1.807) is 20.8 Å². The van der Waals surface area contributed by atoms with Gasteiger partial charge in [0.1, 0.15) is 0 Å². The lowest BCUT2D eigenvalue weighted by atomic mass is 10.1. The third-order valence-corrected chi connectivity index (χ3v) is 5.54. The summed E-state index contributed by atoms with van der Waals surface area (Å²) in [7, 11) is -3.08. The van der Waals surface area contributed by atoms with Crippen LogP contribution in [0.25, 0.3) is 0 Å². The summed E-state index contributed by atoms with van der Waals surface area (Å²) in [4.78, 5) is 14.1. The summed E-state index contributed by atoms with van der Waals surface area (Å²) in [5.41, 5.74) is 0.199. The molecule has 1 fully saturated rings. The molecule has 1 aromatic carbocycles. The number of ether oxygens (including phenoxy) is 1. The van der Waals surface area contributed by atoms with E-state index in [9.17, 15) is 17.6 Å². The van der Waals surface area contributed by atoms with E-state index in [4.69, 9.17) is 4.74 Å². The molecule has 1 heterocycles. The molecule has 0 radical (unpaired) electrons. The van der Waals surface area contributed by atoms with Crippen molar-refractivity contribution in [1.29, 1.82) is 0 Å². The van der Waals surface area contributed by atoms with Crippen LogP contribution in [0.2, 0.25) is 0 Å². The molecule has 0 N–H and O–H groups in total. The number of hydrogen-bond donors (Lipinski definition) is 0. The van der Waals surface area contributed by atoms with Crippen LogP contribution < -0.4 is 4.74 Å². The molecule has 23 heavy (non-hydrogen) atoms. The molecule has 0 bridgehead atoms. The van der Waals surface area contributed by atoms with Gasteiger partial charge < -0.3 is 9.64 Å². The predicted molar refractivity (Wildman–Crippen MR) is 85.9 cm³/mol. The number of hydrogen-bond acceptors (Lipinski definition) is 4. The second kappa shape index (κ2) is 6.86. The van der Waals surface area contributed by atoms with Gasteiger partial charge in [-0.15, -0.1) is 0 Å². The van der Waals surface area contributed by atoms with Crippen LogP contribution in [0.5, 0.6) is 5.75 Å². The topological polar surface area (TPSA) is 63.7 Å². The molecule has 5 nitrogen and oxygen atoms in total. The summed E-state index contributed by atoms with van der Waals surface area (Å²) >= 11 is 0. The van der Waals surface area contributed by atoms with Crippen molar-refractivity contribution in [2.75, 3.05) is 18.1 Å². The lowest BCUT2D eigenvalue weighted by Crippen LogP contribution is -2.41. The van der Waals surface area contributed by atoms with Crippen molar-refractivity contribution in [1.82, 2.24) is 4.90 Å².